The van der Waals surface area contributed by atoms with Crippen molar-refractivity contribution in [2.75, 3.05) is 18.4 Å². The second-order valence-electron chi connectivity index (χ2n) is 8.78. The maximum atomic E-state index is 11.3. The topological polar surface area (TPSA) is 136 Å². The van der Waals surface area contributed by atoms with Crippen molar-refractivity contribution in [3.63, 3.8) is 0 Å². The smallest absolute Gasteiger partial charge is 0.303 e. The number of nitrogens with one attached hydrogen (secondary N) is 1. The zero-order valence-electron chi connectivity index (χ0n) is 18.1. The summed E-state index contributed by atoms with van der Waals surface area (Å²) in [6, 6.07) is 6.59. The van der Waals surface area contributed by atoms with Gasteiger partial charge in [-0.1, -0.05) is 24.2 Å². The molecule has 1 saturated carbocycles. The molecule has 9 nitrogen and oxygen atoms in total. The SMILES string of the molecule is C=S(=O)(O)O.O=C(O)CC1C2CCCC1CN(Cc1ccc3c(c1)Nc1nccnc1S3)C2. The molecule has 2 unspecified atom stereocenters. The Balaban J connectivity index is 0.000000471. The van der Waals surface area contributed by atoms with E-state index < -0.39 is 16.1 Å². The molecule has 2 fully saturated rings. The molecule has 11 heteroatoms. The molecule has 1 aromatic heterocycles. The highest BCUT2D eigenvalue weighted by Gasteiger charge is 2.40. The molecule has 1 aliphatic carbocycles. The van der Waals surface area contributed by atoms with E-state index in [2.05, 4.69) is 44.3 Å². The van der Waals surface area contributed by atoms with E-state index in [4.69, 9.17) is 9.11 Å². The Hall–Kier alpha value is -2.18. The first kappa shape index (κ1) is 24.0. The van der Waals surface area contributed by atoms with Crippen molar-refractivity contribution in [3.8, 4) is 0 Å². The number of carboxylic acids is 1. The van der Waals surface area contributed by atoms with Crippen molar-refractivity contribution >= 4 is 45.2 Å². The lowest BCUT2D eigenvalue weighted by Crippen LogP contribution is -2.48. The molecule has 3 aliphatic rings. The standard InChI is InChI=1S/C21H24N4O2S.CH4O3S/c26-19(27)9-16-14-2-1-3-15(16)12-25(11-14)10-13-4-5-18-17(8-13)24-20-21(28-18)23-7-6-22-20;1-5(2,3)4/h4-8,14-16H,1-3,9-12H2,(H,22,24)(H,26,27);1H2,(H2,2,3,4). The molecule has 2 atom stereocenters. The van der Waals surface area contributed by atoms with Crippen LogP contribution in [0.15, 0.2) is 40.5 Å². The summed E-state index contributed by atoms with van der Waals surface area (Å²) in [6.45, 7) is 2.95. The van der Waals surface area contributed by atoms with Crippen LogP contribution in [0.3, 0.4) is 0 Å². The van der Waals surface area contributed by atoms with Gasteiger partial charge in [-0.3, -0.25) is 18.8 Å². The summed E-state index contributed by atoms with van der Waals surface area (Å²) in [7, 11) is -3.67. The first-order valence-corrected chi connectivity index (χ1v) is 13.3. The second-order valence-corrected chi connectivity index (χ2v) is 11.0. The minimum atomic E-state index is -3.67. The number of piperidine rings is 1. The van der Waals surface area contributed by atoms with E-state index >= 15 is 0 Å². The van der Waals surface area contributed by atoms with Gasteiger partial charge >= 0.3 is 5.97 Å². The number of rotatable bonds is 4. The van der Waals surface area contributed by atoms with Crippen LogP contribution in [0, 0.1) is 17.8 Å². The van der Waals surface area contributed by atoms with Gasteiger partial charge < -0.3 is 10.4 Å². The lowest BCUT2D eigenvalue weighted by Gasteiger charge is -2.47. The van der Waals surface area contributed by atoms with Crippen LogP contribution >= 0.6 is 11.8 Å². The predicted molar refractivity (Wildman–Crippen MR) is 128 cm³/mol. The van der Waals surface area contributed by atoms with Gasteiger partial charge in [0, 0.05) is 49.2 Å². The van der Waals surface area contributed by atoms with Gasteiger partial charge in [-0.15, -0.1) is 0 Å². The maximum absolute atomic E-state index is 11.3. The number of carbonyl (C=O) groups is 1. The van der Waals surface area contributed by atoms with Gasteiger partial charge in [0.25, 0.3) is 0 Å². The molecule has 5 rings (SSSR count). The Kier molecular flexibility index (Phi) is 7.25. The van der Waals surface area contributed by atoms with Gasteiger partial charge in [-0.25, -0.2) is 14.2 Å². The van der Waals surface area contributed by atoms with Gasteiger partial charge in [0.1, 0.15) is 5.03 Å². The number of anilines is 2. The van der Waals surface area contributed by atoms with Crippen LogP contribution in [0.25, 0.3) is 0 Å². The third kappa shape index (κ3) is 6.45. The number of benzene rings is 1. The fourth-order valence-electron chi connectivity index (χ4n) is 5.15. The van der Waals surface area contributed by atoms with E-state index in [1.165, 1.54) is 29.7 Å². The number of aromatic nitrogens is 2. The summed E-state index contributed by atoms with van der Waals surface area (Å²) < 4.78 is 24.2. The van der Waals surface area contributed by atoms with Crippen LogP contribution < -0.4 is 5.32 Å². The molecule has 0 spiro atoms. The average Bonchev–Trinajstić information content (AvgIpc) is 2.71. The number of hydrogen-bond acceptors (Lipinski definition) is 7. The van der Waals surface area contributed by atoms with Crippen molar-refractivity contribution in [2.45, 2.75) is 42.1 Å². The fourth-order valence-corrected chi connectivity index (χ4v) is 6.03. The van der Waals surface area contributed by atoms with Crippen molar-refractivity contribution in [2.24, 2.45) is 17.8 Å². The van der Waals surface area contributed by atoms with Crippen LogP contribution in [0.2, 0.25) is 0 Å². The average molecular weight is 493 g/mol. The number of fused-ring (bicyclic) bond motifs is 4. The summed E-state index contributed by atoms with van der Waals surface area (Å²) in [6.07, 6.45) is 7.36. The van der Waals surface area contributed by atoms with Gasteiger partial charge in [0.2, 0.25) is 0 Å². The molecule has 3 heterocycles. The Morgan fingerprint density at radius 2 is 1.88 bits per heavy atom. The van der Waals surface area contributed by atoms with Crippen molar-refractivity contribution in [1.29, 1.82) is 0 Å². The molecular formula is C22H28N4O5S2. The summed E-state index contributed by atoms with van der Waals surface area (Å²) in [5.41, 5.74) is 2.38. The first-order valence-electron chi connectivity index (χ1n) is 10.8. The van der Waals surface area contributed by atoms with Crippen LogP contribution in [-0.4, -0.2) is 58.2 Å². The largest absolute Gasteiger partial charge is 0.481 e. The summed E-state index contributed by atoms with van der Waals surface area (Å²) in [4.78, 5) is 23.7. The monoisotopic (exact) mass is 492 g/mol. The summed E-state index contributed by atoms with van der Waals surface area (Å²) >= 11 is 1.65. The van der Waals surface area contributed by atoms with Crippen molar-refractivity contribution in [3.05, 3.63) is 36.2 Å². The van der Waals surface area contributed by atoms with Crippen molar-refractivity contribution < 1.29 is 23.2 Å². The third-order valence-electron chi connectivity index (χ3n) is 6.33. The molecule has 1 aromatic carbocycles. The first-order chi connectivity index (χ1) is 15.7. The fraction of sp³-hybridized carbons (Fsp3) is 0.455. The molecular weight excluding hydrogens is 464 g/mol. The van der Waals surface area contributed by atoms with Gasteiger partial charge in [-0.05, 0) is 48.3 Å². The molecule has 4 N–H and O–H groups in total. The van der Waals surface area contributed by atoms with Gasteiger partial charge in [-0.2, -0.15) is 0 Å². The number of nitrogens with zero attached hydrogens (tertiary/aromatic N) is 3. The number of carboxylic acid groups (broad SMARTS) is 1. The normalized spacial score (nSPS) is 23.9. The lowest BCUT2D eigenvalue weighted by atomic mass is 9.67. The molecule has 1 saturated heterocycles. The molecule has 0 radical (unpaired) electrons. The minimum absolute atomic E-state index is 0.337. The zero-order chi connectivity index (χ0) is 23.6. The molecule has 2 bridgehead atoms. The van der Waals surface area contributed by atoms with Gasteiger partial charge in [0.05, 0.1) is 5.69 Å². The molecule has 178 valence electrons. The Morgan fingerprint density at radius 3 is 2.55 bits per heavy atom. The highest BCUT2D eigenvalue weighted by molar-refractivity contribution is 7.99. The van der Waals surface area contributed by atoms with E-state index in [-0.39, 0.29) is 0 Å². The summed E-state index contributed by atoms with van der Waals surface area (Å²) in [5, 5.41) is 13.6. The number of aliphatic carboxylic acids is 1. The predicted octanol–water partition coefficient (Wildman–Crippen LogP) is 3.66. The Labute approximate surface area is 197 Å². The van der Waals surface area contributed by atoms with E-state index in [0.717, 1.165) is 36.2 Å². The summed E-state index contributed by atoms with van der Waals surface area (Å²) in [5.74, 6) is 4.00. The molecule has 2 aliphatic heterocycles. The maximum Gasteiger partial charge on any atom is 0.303 e. The third-order valence-corrected chi connectivity index (χ3v) is 7.40. The Morgan fingerprint density at radius 1 is 1.21 bits per heavy atom. The molecule has 2 aromatic rings. The molecule has 33 heavy (non-hydrogen) atoms. The number of likely N-dealkylation sites (tertiary alicyclic amines) is 1. The Bertz CT molecular complexity index is 1110. The highest BCUT2D eigenvalue weighted by Crippen LogP contribution is 2.44. The quantitative estimate of drug-likeness (QED) is 0.400. The van der Waals surface area contributed by atoms with Crippen molar-refractivity contribution in [1.82, 2.24) is 14.9 Å². The van der Waals surface area contributed by atoms with E-state index in [1.807, 2.05) is 0 Å². The second kappa shape index (κ2) is 9.98. The molecule has 0 amide bonds. The lowest BCUT2D eigenvalue weighted by molar-refractivity contribution is -0.140. The number of hydrogen-bond donors (Lipinski definition) is 4. The van der Waals surface area contributed by atoms with Crippen LogP contribution in [0.4, 0.5) is 11.5 Å². The van der Waals surface area contributed by atoms with Crippen LogP contribution in [0.5, 0.6) is 0 Å². The van der Waals surface area contributed by atoms with E-state index in [9.17, 15) is 14.1 Å². The van der Waals surface area contributed by atoms with E-state index in [0.29, 0.717) is 24.2 Å². The minimum Gasteiger partial charge on any atom is -0.481 e. The highest BCUT2D eigenvalue weighted by atomic mass is 32.2. The van der Waals surface area contributed by atoms with Gasteiger partial charge in [0.15, 0.2) is 15.9 Å². The zero-order valence-corrected chi connectivity index (χ0v) is 19.7. The van der Waals surface area contributed by atoms with E-state index in [1.54, 1.807) is 24.2 Å². The van der Waals surface area contributed by atoms with Crippen LogP contribution in [0.1, 0.15) is 31.2 Å². The van der Waals surface area contributed by atoms with Crippen LogP contribution in [-0.2, 0) is 21.4 Å².